The third kappa shape index (κ3) is 3.01. The first-order valence-corrected chi connectivity index (χ1v) is 7.34. The fraction of sp³-hybridized carbons (Fsp3) is 1.00. The van der Waals surface area contributed by atoms with E-state index >= 15 is 0 Å². The summed E-state index contributed by atoms with van der Waals surface area (Å²) >= 11 is 0. The Kier molecular flexibility index (Phi) is 4.83. The average molecular weight is 240 g/mol. The third-order valence-electron chi connectivity index (χ3n) is 4.80. The molecule has 1 aliphatic heterocycles. The van der Waals surface area contributed by atoms with Gasteiger partial charge in [-0.25, -0.2) is 0 Å². The van der Waals surface area contributed by atoms with Gasteiger partial charge in [0.15, 0.2) is 0 Å². The summed E-state index contributed by atoms with van der Waals surface area (Å²) in [5.41, 5.74) is 3.12. The lowest BCUT2D eigenvalue weighted by molar-refractivity contribution is 0.0620. The second-order valence-corrected chi connectivity index (χ2v) is 5.99. The Balaban J connectivity index is 1.99. The van der Waals surface area contributed by atoms with Crippen LogP contribution in [-0.4, -0.2) is 18.8 Å². The summed E-state index contributed by atoms with van der Waals surface area (Å²) < 4.78 is 5.82. The van der Waals surface area contributed by atoms with Crippen molar-refractivity contribution in [3.8, 4) is 0 Å². The van der Waals surface area contributed by atoms with E-state index in [0.29, 0.717) is 18.1 Å². The SMILES string of the molecule is CCC1OCCC1C(NN)C1CCCC(C)C1. The van der Waals surface area contributed by atoms with Gasteiger partial charge in [-0.2, -0.15) is 0 Å². The fourth-order valence-electron chi connectivity index (χ4n) is 3.91. The van der Waals surface area contributed by atoms with Crippen LogP contribution in [0.2, 0.25) is 0 Å². The molecule has 0 bridgehead atoms. The molecule has 1 aliphatic carbocycles. The lowest BCUT2D eigenvalue weighted by Crippen LogP contribution is -2.49. The van der Waals surface area contributed by atoms with Crippen LogP contribution >= 0.6 is 0 Å². The van der Waals surface area contributed by atoms with Crippen molar-refractivity contribution in [1.29, 1.82) is 0 Å². The van der Waals surface area contributed by atoms with E-state index in [2.05, 4.69) is 19.3 Å². The van der Waals surface area contributed by atoms with Crippen LogP contribution in [0.3, 0.4) is 0 Å². The molecule has 2 aliphatic rings. The van der Waals surface area contributed by atoms with Crippen LogP contribution in [0.15, 0.2) is 0 Å². The molecule has 0 spiro atoms. The predicted octanol–water partition coefficient (Wildman–Crippen LogP) is 2.46. The summed E-state index contributed by atoms with van der Waals surface area (Å²) in [5, 5.41) is 0. The minimum absolute atomic E-state index is 0.424. The van der Waals surface area contributed by atoms with Gasteiger partial charge in [-0.05, 0) is 37.5 Å². The van der Waals surface area contributed by atoms with E-state index in [0.717, 1.165) is 24.9 Å². The van der Waals surface area contributed by atoms with Crippen LogP contribution < -0.4 is 11.3 Å². The van der Waals surface area contributed by atoms with Crippen LogP contribution in [-0.2, 0) is 4.74 Å². The summed E-state index contributed by atoms with van der Waals surface area (Å²) in [6, 6.07) is 0.463. The van der Waals surface area contributed by atoms with Gasteiger partial charge in [-0.3, -0.25) is 11.3 Å². The quantitative estimate of drug-likeness (QED) is 0.586. The standard InChI is InChI=1S/C14H28N2O/c1-3-13-12(7-8-17-13)14(16-15)11-6-4-5-10(2)9-11/h10-14,16H,3-9,15H2,1-2H3. The van der Waals surface area contributed by atoms with Gasteiger partial charge in [-0.1, -0.05) is 26.7 Å². The zero-order valence-corrected chi connectivity index (χ0v) is 11.3. The number of hydrogen-bond acceptors (Lipinski definition) is 3. The minimum atomic E-state index is 0.424. The lowest BCUT2D eigenvalue weighted by Gasteiger charge is -2.37. The monoisotopic (exact) mass is 240 g/mol. The summed E-state index contributed by atoms with van der Waals surface area (Å²) in [6.07, 6.45) is 8.16. The first kappa shape index (κ1) is 13.3. The van der Waals surface area contributed by atoms with Crippen molar-refractivity contribution in [3.63, 3.8) is 0 Å². The Morgan fingerprint density at radius 1 is 1.35 bits per heavy atom. The van der Waals surface area contributed by atoms with Gasteiger partial charge in [0.1, 0.15) is 0 Å². The zero-order chi connectivity index (χ0) is 12.3. The van der Waals surface area contributed by atoms with Gasteiger partial charge < -0.3 is 4.74 Å². The highest BCUT2D eigenvalue weighted by Gasteiger charge is 2.38. The van der Waals surface area contributed by atoms with E-state index in [1.807, 2.05) is 0 Å². The van der Waals surface area contributed by atoms with Crippen LogP contribution in [0.1, 0.15) is 52.4 Å². The lowest BCUT2D eigenvalue weighted by atomic mass is 9.73. The van der Waals surface area contributed by atoms with Gasteiger partial charge in [0.2, 0.25) is 0 Å². The molecule has 0 aromatic rings. The molecule has 5 unspecified atom stereocenters. The van der Waals surface area contributed by atoms with E-state index in [1.165, 1.54) is 32.1 Å². The molecule has 17 heavy (non-hydrogen) atoms. The molecule has 3 N–H and O–H groups in total. The minimum Gasteiger partial charge on any atom is -0.378 e. The molecular weight excluding hydrogens is 212 g/mol. The zero-order valence-electron chi connectivity index (χ0n) is 11.3. The molecule has 2 fully saturated rings. The Hall–Kier alpha value is -0.120. The van der Waals surface area contributed by atoms with Crippen molar-refractivity contribution in [1.82, 2.24) is 5.43 Å². The summed E-state index contributed by atoms with van der Waals surface area (Å²) in [4.78, 5) is 0. The van der Waals surface area contributed by atoms with E-state index in [9.17, 15) is 0 Å². The second-order valence-electron chi connectivity index (χ2n) is 5.99. The van der Waals surface area contributed by atoms with Crippen LogP contribution in [0.25, 0.3) is 0 Å². The smallest absolute Gasteiger partial charge is 0.0617 e. The highest BCUT2D eigenvalue weighted by Crippen LogP contribution is 2.37. The van der Waals surface area contributed by atoms with E-state index in [1.54, 1.807) is 0 Å². The third-order valence-corrected chi connectivity index (χ3v) is 4.80. The molecule has 0 amide bonds. The number of rotatable bonds is 4. The Morgan fingerprint density at radius 3 is 2.82 bits per heavy atom. The van der Waals surface area contributed by atoms with E-state index in [4.69, 9.17) is 10.6 Å². The molecule has 100 valence electrons. The maximum Gasteiger partial charge on any atom is 0.0617 e. The summed E-state index contributed by atoms with van der Waals surface area (Å²) in [6.45, 7) is 5.52. The largest absolute Gasteiger partial charge is 0.378 e. The van der Waals surface area contributed by atoms with Crippen molar-refractivity contribution >= 4 is 0 Å². The number of nitrogens with two attached hydrogens (primary N) is 1. The predicted molar refractivity (Wildman–Crippen MR) is 70.4 cm³/mol. The van der Waals surface area contributed by atoms with E-state index < -0.39 is 0 Å². The normalized spacial score (nSPS) is 40.4. The number of nitrogens with one attached hydrogen (secondary N) is 1. The molecule has 0 radical (unpaired) electrons. The molecule has 3 nitrogen and oxygen atoms in total. The highest BCUT2D eigenvalue weighted by molar-refractivity contribution is 4.90. The van der Waals surface area contributed by atoms with E-state index in [-0.39, 0.29) is 0 Å². The summed E-state index contributed by atoms with van der Waals surface area (Å²) in [7, 11) is 0. The number of hydrogen-bond donors (Lipinski definition) is 2. The Labute approximate surface area is 105 Å². The summed E-state index contributed by atoms with van der Waals surface area (Å²) in [5.74, 6) is 8.09. The number of ether oxygens (including phenoxy) is 1. The van der Waals surface area contributed by atoms with Gasteiger partial charge in [0.05, 0.1) is 6.10 Å². The average Bonchev–Trinajstić information content (AvgIpc) is 2.78. The van der Waals surface area contributed by atoms with Crippen molar-refractivity contribution < 1.29 is 4.74 Å². The van der Waals surface area contributed by atoms with Crippen molar-refractivity contribution in [2.24, 2.45) is 23.6 Å². The first-order valence-electron chi connectivity index (χ1n) is 7.34. The molecule has 0 aromatic heterocycles. The Morgan fingerprint density at radius 2 is 2.18 bits per heavy atom. The molecule has 1 heterocycles. The van der Waals surface area contributed by atoms with Crippen LogP contribution in [0.4, 0.5) is 0 Å². The van der Waals surface area contributed by atoms with Gasteiger partial charge in [0.25, 0.3) is 0 Å². The molecule has 1 saturated carbocycles. The van der Waals surface area contributed by atoms with Crippen LogP contribution in [0, 0.1) is 17.8 Å². The van der Waals surface area contributed by atoms with Crippen LogP contribution in [0.5, 0.6) is 0 Å². The van der Waals surface area contributed by atoms with Crippen molar-refractivity contribution in [2.45, 2.75) is 64.5 Å². The molecule has 2 rings (SSSR count). The Bertz CT molecular complexity index is 234. The molecule has 0 aromatic carbocycles. The van der Waals surface area contributed by atoms with Gasteiger partial charge in [-0.15, -0.1) is 0 Å². The second kappa shape index (κ2) is 6.17. The highest BCUT2D eigenvalue weighted by atomic mass is 16.5. The van der Waals surface area contributed by atoms with Crippen molar-refractivity contribution in [3.05, 3.63) is 0 Å². The molecule has 1 saturated heterocycles. The molecule has 3 heteroatoms. The van der Waals surface area contributed by atoms with Gasteiger partial charge in [0, 0.05) is 18.6 Å². The fourth-order valence-corrected chi connectivity index (χ4v) is 3.91. The topological polar surface area (TPSA) is 47.3 Å². The first-order chi connectivity index (χ1) is 8.26. The molecule has 5 atom stereocenters. The molecular formula is C14H28N2O. The van der Waals surface area contributed by atoms with Crippen molar-refractivity contribution in [2.75, 3.05) is 6.61 Å². The van der Waals surface area contributed by atoms with Gasteiger partial charge >= 0.3 is 0 Å². The maximum absolute atomic E-state index is 5.84. The maximum atomic E-state index is 5.84. The number of hydrazine groups is 1.